The maximum atomic E-state index is 11.6. The number of piperazine rings is 1. The van der Waals surface area contributed by atoms with E-state index >= 15 is 0 Å². The first-order chi connectivity index (χ1) is 15.5. The molecule has 0 atom stereocenters. The largest absolute Gasteiger partial charge is 0.496 e. The van der Waals surface area contributed by atoms with Gasteiger partial charge in [-0.15, -0.1) is 0 Å². The third kappa shape index (κ3) is 5.16. The van der Waals surface area contributed by atoms with E-state index in [0.29, 0.717) is 22.9 Å². The highest BCUT2D eigenvalue weighted by atomic mass is 35.5. The Labute approximate surface area is 193 Å². The van der Waals surface area contributed by atoms with Gasteiger partial charge in [0.05, 0.1) is 24.8 Å². The normalized spacial score (nSPS) is 14.7. The fourth-order valence-electron chi connectivity index (χ4n) is 4.08. The van der Waals surface area contributed by atoms with Gasteiger partial charge in [-0.05, 0) is 56.6 Å². The molecule has 32 heavy (non-hydrogen) atoms. The van der Waals surface area contributed by atoms with Crippen molar-refractivity contribution in [3.63, 3.8) is 0 Å². The van der Waals surface area contributed by atoms with Gasteiger partial charge in [-0.2, -0.15) is 5.10 Å². The number of fused-ring (bicyclic) bond motifs is 1. The van der Waals surface area contributed by atoms with Gasteiger partial charge in [0.1, 0.15) is 11.5 Å². The molecule has 0 unspecified atom stereocenters. The zero-order valence-electron chi connectivity index (χ0n) is 18.6. The van der Waals surface area contributed by atoms with Gasteiger partial charge in [0.15, 0.2) is 11.6 Å². The van der Waals surface area contributed by atoms with E-state index in [4.69, 9.17) is 21.1 Å². The lowest BCUT2D eigenvalue weighted by atomic mass is 10.1. The Hall–Kier alpha value is -2.77. The van der Waals surface area contributed by atoms with Crippen LogP contribution in [0.4, 0.5) is 5.82 Å². The number of benzene rings is 2. The van der Waals surface area contributed by atoms with Crippen LogP contribution < -0.4 is 14.4 Å². The molecule has 0 radical (unpaired) electrons. The van der Waals surface area contributed by atoms with Gasteiger partial charge in [-0.25, -0.2) is 0 Å². The number of ketones is 1. The molecule has 2 aromatic carbocycles. The molecule has 0 spiro atoms. The van der Waals surface area contributed by atoms with Crippen molar-refractivity contribution >= 4 is 34.1 Å². The molecule has 7 nitrogen and oxygen atoms in total. The number of hydrogen-bond acceptors (Lipinski definition) is 6. The molecular formula is C24H29ClN4O3. The SMILES string of the molecule is COc1cc(OCCCCN2CCN(c3n[nH]c4cc(Cl)ccc34)CC2)ccc1C(C)=O. The fraction of sp³-hybridized carbons (Fsp3) is 0.417. The first-order valence-electron chi connectivity index (χ1n) is 11.0. The molecule has 1 saturated heterocycles. The second kappa shape index (κ2) is 10.2. The summed E-state index contributed by atoms with van der Waals surface area (Å²) in [6, 6.07) is 11.2. The number of ether oxygens (including phenoxy) is 2. The Morgan fingerprint density at radius 1 is 1.12 bits per heavy atom. The summed E-state index contributed by atoms with van der Waals surface area (Å²) in [4.78, 5) is 16.4. The topological polar surface area (TPSA) is 70.7 Å². The standard InChI is InChI=1S/C24H29ClN4O3/c1-17(30)20-8-6-19(16-23(20)31-2)32-14-4-3-9-28-10-12-29(13-11-28)24-21-7-5-18(25)15-22(21)26-27-24/h5-8,15-16H,3-4,9-14H2,1-2H3,(H,26,27). The lowest BCUT2D eigenvalue weighted by Gasteiger charge is -2.35. The number of rotatable bonds is 9. The summed E-state index contributed by atoms with van der Waals surface area (Å²) in [7, 11) is 1.56. The summed E-state index contributed by atoms with van der Waals surface area (Å²) in [5.74, 6) is 2.28. The van der Waals surface area contributed by atoms with E-state index in [-0.39, 0.29) is 5.78 Å². The van der Waals surface area contributed by atoms with E-state index < -0.39 is 0 Å². The Morgan fingerprint density at radius 2 is 1.94 bits per heavy atom. The van der Waals surface area contributed by atoms with Crippen molar-refractivity contribution in [2.75, 3.05) is 51.3 Å². The van der Waals surface area contributed by atoms with Crippen molar-refractivity contribution in [3.8, 4) is 11.5 Å². The van der Waals surface area contributed by atoms with Gasteiger partial charge in [0.25, 0.3) is 0 Å². The van der Waals surface area contributed by atoms with Gasteiger partial charge >= 0.3 is 0 Å². The second-order valence-electron chi connectivity index (χ2n) is 8.04. The van der Waals surface area contributed by atoms with Crippen molar-refractivity contribution in [2.24, 2.45) is 0 Å². The number of hydrogen-bond donors (Lipinski definition) is 1. The van der Waals surface area contributed by atoms with Gasteiger partial charge < -0.3 is 14.4 Å². The summed E-state index contributed by atoms with van der Waals surface area (Å²) < 4.78 is 11.1. The molecule has 1 aliphatic heterocycles. The molecule has 8 heteroatoms. The summed E-state index contributed by atoms with van der Waals surface area (Å²) in [6.07, 6.45) is 2.05. The minimum Gasteiger partial charge on any atom is -0.496 e. The number of nitrogens with one attached hydrogen (secondary N) is 1. The van der Waals surface area contributed by atoms with E-state index in [0.717, 1.165) is 68.0 Å². The third-order valence-corrected chi connectivity index (χ3v) is 6.10. The zero-order valence-corrected chi connectivity index (χ0v) is 19.3. The number of H-pyrrole nitrogens is 1. The summed E-state index contributed by atoms with van der Waals surface area (Å²) >= 11 is 6.07. The number of carbonyl (C=O) groups is 1. The van der Waals surface area contributed by atoms with E-state index in [1.165, 1.54) is 6.92 Å². The van der Waals surface area contributed by atoms with Crippen molar-refractivity contribution in [2.45, 2.75) is 19.8 Å². The smallest absolute Gasteiger partial charge is 0.163 e. The number of aromatic nitrogens is 2. The van der Waals surface area contributed by atoms with Gasteiger partial charge in [0, 0.05) is 42.7 Å². The molecule has 4 rings (SSSR count). The predicted molar refractivity (Wildman–Crippen MR) is 127 cm³/mol. The minimum atomic E-state index is -0.0154. The third-order valence-electron chi connectivity index (χ3n) is 5.87. The number of methoxy groups -OCH3 is 1. The number of unbranched alkanes of at least 4 members (excludes halogenated alkanes) is 1. The van der Waals surface area contributed by atoms with Crippen LogP contribution in [-0.4, -0.2) is 67.3 Å². The molecule has 1 N–H and O–H groups in total. The van der Waals surface area contributed by atoms with Crippen molar-refractivity contribution in [3.05, 3.63) is 47.0 Å². The highest BCUT2D eigenvalue weighted by Gasteiger charge is 2.20. The van der Waals surface area contributed by atoms with Gasteiger partial charge in [0.2, 0.25) is 0 Å². The van der Waals surface area contributed by atoms with Crippen molar-refractivity contribution < 1.29 is 14.3 Å². The number of Topliss-reactive ketones (excluding diaryl/α,β-unsaturated/α-hetero) is 1. The molecule has 0 aliphatic carbocycles. The van der Waals surface area contributed by atoms with Crippen LogP contribution in [0.15, 0.2) is 36.4 Å². The van der Waals surface area contributed by atoms with E-state index in [1.54, 1.807) is 19.2 Å². The average molecular weight is 457 g/mol. The quantitative estimate of drug-likeness (QED) is 0.380. The maximum absolute atomic E-state index is 11.6. The Bertz CT molecular complexity index is 1080. The van der Waals surface area contributed by atoms with Crippen molar-refractivity contribution in [1.82, 2.24) is 15.1 Å². The second-order valence-corrected chi connectivity index (χ2v) is 8.48. The van der Waals surface area contributed by atoms with Crippen LogP contribution in [0.3, 0.4) is 0 Å². The van der Waals surface area contributed by atoms with E-state index in [1.807, 2.05) is 24.3 Å². The van der Waals surface area contributed by atoms with Crippen LogP contribution in [0.1, 0.15) is 30.1 Å². The minimum absolute atomic E-state index is 0.0154. The van der Waals surface area contributed by atoms with Crippen molar-refractivity contribution in [1.29, 1.82) is 0 Å². The van der Waals surface area contributed by atoms with Crippen LogP contribution in [0.2, 0.25) is 5.02 Å². The predicted octanol–water partition coefficient (Wildman–Crippen LogP) is 4.41. The molecule has 0 amide bonds. The number of aromatic amines is 1. The Balaban J connectivity index is 1.18. The molecule has 0 bridgehead atoms. The average Bonchev–Trinajstić information content (AvgIpc) is 3.22. The lowest BCUT2D eigenvalue weighted by Crippen LogP contribution is -2.46. The number of nitrogens with zero attached hydrogens (tertiary/aromatic N) is 3. The van der Waals surface area contributed by atoms with E-state index in [2.05, 4.69) is 20.0 Å². The molecule has 1 fully saturated rings. The summed E-state index contributed by atoms with van der Waals surface area (Å²) in [6.45, 7) is 7.19. The highest BCUT2D eigenvalue weighted by Crippen LogP contribution is 2.27. The molecule has 0 saturated carbocycles. The van der Waals surface area contributed by atoms with Crippen LogP contribution in [0, 0.1) is 0 Å². The number of halogens is 1. The monoisotopic (exact) mass is 456 g/mol. The Kier molecular flexibility index (Phi) is 7.17. The molecule has 2 heterocycles. The van der Waals surface area contributed by atoms with Gasteiger partial charge in [-0.1, -0.05) is 11.6 Å². The highest BCUT2D eigenvalue weighted by molar-refractivity contribution is 6.31. The maximum Gasteiger partial charge on any atom is 0.163 e. The summed E-state index contributed by atoms with van der Waals surface area (Å²) in [5, 5.41) is 9.43. The number of carbonyl (C=O) groups excluding carboxylic acids is 1. The van der Waals surface area contributed by atoms with Crippen LogP contribution in [0.5, 0.6) is 11.5 Å². The molecule has 3 aromatic rings. The molecule has 170 valence electrons. The first-order valence-corrected chi connectivity index (χ1v) is 11.4. The lowest BCUT2D eigenvalue weighted by molar-refractivity contribution is 0.101. The Morgan fingerprint density at radius 3 is 2.69 bits per heavy atom. The van der Waals surface area contributed by atoms with E-state index in [9.17, 15) is 4.79 Å². The zero-order chi connectivity index (χ0) is 22.5. The van der Waals surface area contributed by atoms with Crippen LogP contribution >= 0.6 is 11.6 Å². The number of anilines is 1. The molecule has 1 aliphatic rings. The molecular weight excluding hydrogens is 428 g/mol. The first kappa shape index (κ1) is 22.4. The van der Waals surface area contributed by atoms with Crippen LogP contribution in [-0.2, 0) is 0 Å². The summed E-state index contributed by atoms with van der Waals surface area (Å²) in [5.41, 5.74) is 1.55. The van der Waals surface area contributed by atoms with Crippen LogP contribution in [0.25, 0.3) is 10.9 Å². The fourth-order valence-corrected chi connectivity index (χ4v) is 4.25. The molecule has 1 aromatic heterocycles. The van der Waals surface area contributed by atoms with Gasteiger partial charge in [-0.3, -0.25) is 14.8 Å².